The van der Waals surface area contributed by atoms with Crippen LogP contribution < -0.4 is 92.1 Å². The summed E-state index contributed by atoms with van der Waals surface area (Å²) in [5, 5.41) is 12.7. The topological polar surface area (TPSA) is 290 Å². The van der Waals surface area contributed by atoms with E-state index in [1.54, 1.807) is 36.4 Å². The Morgan fingerprint density at radius 2 is 0.963 bits per heavy atom. The summed E-state index contributed by atoms with van der Waals surface area (Å²) in [5.41, 5.74) is 16.8. The van der Waals surface area contributed by atoms with Gasteiger partial charge in [-0.15, -0.1) is 0 Å². The molecule has 0 heterocycles. The van der Waals surface area contributed by atoms with Gasteiger partial charge in [-0.25, -0.2) is 21.6 Å². The monoisotopic (exact) mass is 786 g/mol. The van der Waals surface area contributed by atoms with E-state index < -0.39 is 59.1 Å². The quantitative estimate of drug-likeness (QED) is 0.0471. The summed E-state index contributed by atoms with van der Waals surface area (Å²) in [6.45, 7) is 0. The number of carbonyl (C=O) groups excluding carboxylic acids is 3. The van der Waals surface area contributed by atoms with Crippen molar-refractivity contribution in [1.29, 1.82) is 0 Å². The molecule has 4 aromatic carbocycles. The number of hydrogen-bond acceptors (Lipinski definition) is 15. The van der Waals surface area contributed by atoms with Gasteiger partial charge in [-0.1, -0.05) is 12.1 Å². The molecule has 0 spiro atoms. The van der Waals surface area contributed by atoms with Crippen molar-refractivity contribution >= 4 is 95.5 Å². The first-order chi connectivity index (χ1) is 24.6. The molecular weight excluding hydrogens is 763 g/mol. The first kappa shape index (κ1) is 42.1. The molecule has 0 saturated carbocycles. The third-order valence-electron chi connectivity index (χ3n) is 7.48. The van der Waals surface area contributed by atoms with Crippen molar-refractivity contribution < 1.29 is 99.4 Å². The average Bonchev–Trinajstić information content (AvgIpc) is 3.06. The summed E-state index contributed by atoms with van der Waals surface area (Å²) >= 11 is 0. The van der Waals surface area contributed by atoms with Crippen molar-refractivity contribution in [3.05, 3.63) is 117 Å². The molecule has 0 fully saturated rings. The minimum atomic E-state index is -5.19. The van der Waals surface area contributed by atoms with E-state index in [0.29, 0.717) is 22.7 Å². The summed E-state index contributed by atoms with van der Waals surface area (Å²) in [6, 6.07) is 19.4. The molecule has 8 N–H and O–H groups in total. The molecule has 17 nitrogen and oxygen atoms in total. The second-order valence-corrected chi connectivity index (χ2v) is 13.9. The van der Waals surface area contributed by atoms with Crippen LogP contribution in [0.25, 0.3) is 12.2 Å². The number of hydrogen-bond donors (Lipinski definition) is 6. The Balaban J connectivity index is 0.00000325. The fraction of sp³-hybridized carbons (Fsp3) is 0. The van der Waals surface area contributed by atoms with Gasteiger partial charge in [-0.3, -0.25) is 20.4 Å². The van der Waals surface area contributed by atoms with Gasteiger partial charge >= 0.3 is 65.1 Å². The number of hydrazone groups is 2. The van der Waals surface area contributed by atoms with Gasteiger partial charge in [0.25, 0.3) is 0 Å². The maximum Gasteiger partial charge on any atom is 1.00 e. The molecule has 21 heteroatoms. The molecule has 0 unspecified atom stereocenters. The van der Waals surface area contributed by atoms with Crippen LogP contribution in [-0.4, -0.2) is 55.0 Å². The second kappa shape index (κ2) is 16.8. The SMILES string of the molecule is Nc1cccc(N/N=C2/C(=O)c3ccc(NC(=O)Nc4ccc5c(c4)C=C(S(=O)(=O)[O-])/C(=N\Nc4cccc(N)c4)C5=O)cc3C=C2S(=O)(=O)[O-])c1.[Na+].[Na+]. The van der Waals surface area contributed by atoms with Crippen molar-refractivity contribution in [3.63, 3.8) is 0 Å². The Labute approximate surface area is 352 Å². The van der Waals surface area contributed by atoms with Gasteiger partial charge in [-0.05, 0) is 96.1 Å². The van der Waals surface area contributed by atoms with Crippen LogP contribution in [0.15, 0.2) is 105 Å². The molecule has 264 valence electrons. The fourth-order valence-corrected chi connectivity index (χ4v) is 6.47. The van der Waals surface area contributed by atoms with Crippen LogP contribution in [-0.2, 0) is 20.2 Å². The third kappa shape index (κ3) is 9.51. The molecule has 0 bridgehead atoms. The number of nitrogens with two attached hydrogens (primary N) is 2. The number of amides is 2. The number of ketones is 2. The van der Waals surface area contributed by atoms with E-state index in [1.807, 2.05) is 0 Å². The predicted octanol–water partition coefficient (Wildman–Crippen LogP) is -2.40. The van der Waals surface area contributed by atoms with Gasteiger partial charge < -0.3 is 31.2 Å². The van der Waals surface area contributed by atoms with Gasteiger partial charge in [0.15, 0.2) is 0 Å². The summed E-state index contributed by atoms with van der Waals surface area (Å²) in [6.07, 6.45) is 1.91. The normalized spacial score (nSPS) is 15.1. The minimum absolute atomic E-state index is 0. The van der Waals surface area contributed by atoms with E-state index in [1.165, 1.54) is 48.5 Å². The second-order valence-electron chi connectivity index (χ2n) is 11.2. The number of urea groups is 1. The summed E-state index contributed by atoms with van der Waals surface area (Å²) in [7, 11) is -10.4. The van der Waals surface area contributed by atoms with Crippen molar-refractivity contribution in [2.24, 2.45) is 10.2 Å². The number of allylic oxidation sites excluding steroid dienone is 2. The smallest absolute Gasteiger partial charge is 0.744 e. The Hall–Kier alpha value is -4.67. The van der Waals surface area contributed by atoms with Gasteiger partial charge in [0.05, 0.1) is 21.2 Å². The van der Waals surface area contributed by atoms with E-state index >= 15 is 0 Å². The molecule has 6 rings (SSSR count). The number of nitrogens with one attached hydrogen (secondary N) is 4. The first-order valence-electron chi connectivity index (χ1n) is 14.8. The Kier molecular flexibility index (Phi) is 13.1. The summed E-state index contributed by atoms with van der Waals surface area (Å²) in [4.78, 5) is 37.7. The van der Waals surface area contributed by atoms with Gasteiger partial charge in [0.1, 0.15) is 31.7 Å². The van der Waals surface area contributed by atoms with Gasteiger partial charge in [-0.2, -0.15) is 10.2 Å². The standard InChI is InChI=1S/C33H26N8O9S2.2Na/c34-19-3-1-5-23(15-19)38-40-29-27(51(45,46)47)13-17-11-21(7-9-25(17)31(29)42)36-33(44)37-22-8-10-26-18(12-22)14-28(52(48,49)50)30(32(26)43)41-39-24-6-2-4-20(35)16-24;;/h1-16,38-39H,34-35H2,(H2,36,37,44)(H,45,46,47)(H,48,49,50);;/q;2*+1/p-2/b40-29+,41-30+;;. The zero-order chi connectivity index (χ0) is 37.4. The molecule has 2 amide bonds. The van der Waals surface area contributed by atoms with E-state index in [9.17, 15) is 40.3 Å². The molecule has 2 aliphatic rings. The largest absolute Gasteiger partial charge is 1.00 e. The summed E-state index contributed by atoms with van der Waals surface area (Å²) < 4.78 is 72.8. The molecule has 54 heavy (non-hydrogen) atoms. The molecule has 4 aromatic rings. The van der Waals surface area contributed by atoms with Gasteiger partial charge in [0.2, 0.25) is 11.6 Å². The Bertz CT molecular complexity index is 2400. The number of nitrogen functional groups attached to an aromatic ring is 2. The number of rotatable bonds is 8. The van der Waals surface area contributed by atoms with E-state index in [2.05, 4.69) is 31.7 Å². The maximum absolute atomic E-state index is 13.3. The maximum atomic E-state index is 13.3. The minimum Gasteiger partial charge on any atom is -0.744 e. The molecule has 0 aromatic heterocycles. The van der Waals surface area contributed by atoms with Crippen molar-refractivity contribution in [1.82, 2.24) is 0 Å². The van der Waals surface area contributed by atoms with Crippen molar-refractivity contribution in [3.8, 4) is 0 Å². The van der Waals surface area contributed by atoms with Crippen LogP contribution >= 0.6 is 0 Å². The molecule has 0 aliphatic heterocycles. The van der Waals surface area contributed by atoms with Crippen LogP contribution in [0.4, 0.5) is 38.9 Å². The van der Waals surface area contributed by atoms with Crippen LogP contribution in [0.2, 0.25) is 0 Å². The van der Waals surface area contributed by atoms with Gasteiger partial charge in [0, 0.05) is 33.9 Å². The molecule has 0 atom stereocenters. The Morgan fingerprint density at radius 1 is 0.574 bits per heavy atom. The van der Waals surface area contributed by atoms with E-state index in [0.717, 1.165) is 12.2 Å². The first-order valence-corrected chi connectivity index (χ1v) is 17.6. The molecule has 0 saturated heterocycles. The number of anilines is 6. The number of benzene rings is 4. The van der Waals surface area contributed by atoms with Crippen LogP contribution in [0.3, 0.4) is 0 Å². The van der Waals surface area contributed by atoms with Crippen LogP contribution in [0.1, 0.15) is 31.8 Å². The van der Waals surface area contributed by atoms with E-state index in [-0.39, 0.29) is 92.7 Å². The van der Waals surface area contributed by atoms with Crippen molar-refractivity contribution in [2.45, 2.75) is 0 Å². The summed E-state index contributed by atoms with van der Waals surface area (Å²) in [5.74, 6) is -1.74. The zero-order valence-electron chi connectivity index (χ0n) is 28.3. The number of Topliss-reactive ketones (excluding diaryl/α,β-unsaturated/α-hetero) is 2. The van der Waals surface area contributed by atoms with E-state index in [4.69, 9.17) is 11.5 Å². The molecule has 2 aliphatic carbocycles. The van der Waals surface area contributed by atoms with Crippen molar-refractivity contribution in [2.75, 3.05) is 33.0 Å². The molecule has 0 radical (unpaired) electrons. The predicted molar refractivity (Wildman–Crippen MR) is 193 cm³/mol. The number of carbonyl (C=O) groups is 3. The average molecular weight is 787 g/mol. The molecular formula is C33H24N8Na2O9S2. The number of fused-ring (bicyclic) bond motifs is 2. The van der Waals surface area contributed by atoms with Crippen LogP contribution in [0, 0.1) is 0 Å². The fourth-order valence-electron chi connectivity index (χ4n) is 5.18. The number of nitrogens with zero attached hydrogens (tertiary/aromatic N) is 2. The third-order valence-corrected chi connectivity index (χ3v) is 9.18. The Morgan fingerprint density at radius 3 is 1.31 bits per heavy atom. The zero-order valence-corrected chi connectivity index (χ0v) is 33.9. The van der Waals surface area contributed by atoms with Crippen LogP contribution in [0.5, 0.6) is 0 Å².